The van der Waals surface area contributed by atoms with Crippen LogP contribution in [0, 0.1) is 23.0 Å². The van der Waals surface area contributed by atoms with Crippen LogP contribution >= 0.6 is 0 Å². The van der Waals surface area contributed by atoms with Crippen molar-refractivity contribution in [2.45, 2.75) is 26.2 Å². The molecule has 0 aliphatic carbocycles. The molecule has 3 heterocycles. The fourth-order valence-electron chi connectivity index (χ4n) is 3.82. The molecule has 1 saturated heterocycles. The van der Waals surface area contributed by atoms with Crippen LogP contribution in [-0.2, 0) is 6.42 Å². The highest BCUT2D eigenvalue weighted by atomic mass is 16.6. The van der Waals surface area contributed by atoms with E-state index in [1.807, 2.05) is 24.0 Å². The quantitative estimate of drug-likeness (QED) is 0.483. The van der Waals surface area contributed by atoms with Crippen molar-refractivity contribution >= 4 is 23.1 Å². The van der Waals surface area contributed by atoms with Crippen molar-refractivity contribution in [1.29, 1.82) is 0 Å². The Bertz CT molecular complexity index is 1000. The Labute approximate surface area is 175 Å². The van der Waals surface area contributed by atoms with Crippen LogP contribution in [0.1, 0.15) is 24.0 Å². The first-order valence-corrected chi connectivity index (χ1v) is 10.1. The van der Waals surface area contributed by atoms with E-state index in [1.165, 1.54) is 11.9 Å². The normalized spacial score (nSPS) is 14.5. The van der Waals surface area contributed by atoms with E-state index in [4.69, 9.17) is 0 Å². The summed E-state index contributed by atoms with van der Waals surface area (Å²) in [6, 6.07) is 14.1. The lowest BCUT2D eigenvalue weighted by atomic mass is 9.90. The van der Waals surface area contributed by atoms with Crippen molar-refractivity contribution in [1.82, 2.24) is 15.0 Å². The van der Waals surface area contributed by atoms with Gasteiger partial charge in [0, 0.05) is 19.3 Å². The number of piperidine rings is 1. The monoisotopic (exact) mass is 404 g/mol. The lowest BCUT2D eigenvalue weighted by Crippen LogP contribution is -2.35. The summed E-state index contributed by atoms with van der Waals surface area (Å²) >= 11 is 0. The Morgan fingerprint density at radius 1 is 1.10 bits per heavy atom. The number of nitrogens with zero attached hydrogens (tertiary/aromatic N) is 5. The van der Waals surface area contributed by atoms with Gasteiger partial charge in [0.1, 0.15) is 12.1 Å². The zero-order valence-corrected chi connectivity index (χ0v) is 16.9. The summed E-state index contributed by atoms with van der Waals surface area (Å²) in [7, 11) is 0. The van der Waals surface area contributed by atoms with Crippen molar-refractivity contribution in [2.75, 3.05) is 23.3 Å². The van der Waals surface area contributed by atoms with Gasteiger partial charge < -0.3 is 10.2 Å². The predicted octanol–water partition coefficient (Wildman–Crippen LogP) is 4.29. The van der Waals surface area contributed by atoms with Crippen LogP contribution in [-0.4, -0.2) is 33.0 Å². The minimum absolute atomic E-state index is 0.110. The molecule has 0 atom stereocenters. The lowest BCUT2D eigenvalue weighted by Gasteiger charge is -2.32. The number of aromatic nitrogens is 3. The number of nitro groups is 1. The molecular formula is C22H24N6O2. The second-order valence-electron chi connectivity index (χ2n) is 7.62. The maximum absolute atomic E-state index is 11.9. The molecule has 4 rings (SSSR count). The summed E-state index contributed by atoms with van der Waals surface area (Å²) in [5.41, 5.74) is 2.24. The van der Waals surface area contributed by atoms with E-state index in [0.29, 0.717) is 17.6 Å². The van der Waals surface area contributed by atoms with Gasteiger partial charge in [-0.2, -0.15) is 0 Å². The Morgan fingerprint density at radius 2 is 1.87 bits per heavy atom. The standard InChI is InChI=1S/C22H24N6O2/c1-16-7-8-19(23-14-16)26-21-20(28(29)30)22(25-15-24-21)27-11-9-18(10-12-27)13-17-5-3-2-4-6-17/h2-8,14-15,18H,9-13H2,1H3,(H,23,24,25,26). The number of nitrogens with one attached hydrogen (secondary N) is 1. The fraction of sp³-hybridized carbons (Fsp3) is 0.318. The summed E-state index contributed by atoms with van der Waals surface area (Å²) in [6.45, 7) is 3.40. The largest absolute Gasteiger partial charge is 0.353 e. The van der Waals surface area contributed by atoms with Crippen molar-refractivity contribution < 1.29 is 4.92 Å². The van der Waals surface area contributed by atoms with Crippen molar-refractivity contribution in [3.63, 3.8) is 0 Å². The number of pyridine rings is 1. The minimum atomic E-state index is -0.415. The highest BCUT2D eigenvalue weighted by molar-refractivity contribution is 5.73. The maximum Gasteiger partial charge on any atom is 0.353 e. The molecule has 8 nitrogen and oxygen atoms in total. The Kier molecular flexibility index (Phi) is 5.83. The zero-order valence-electron chi connectivity index (χ0n) is 16.9. The predicted molar refractivity (Wildman–Crippen MR) is 116 cm³/mol. The molecule has 0 saturated carbocycles. The van der Waals surface area contributed by atoms with Gasteiger partial charge in [-0.3, -0.25) is 10.1 Å². The highest BCUT2D eigenvalue weighted by Crippen LogP contribution is 2.35. The summed E-state index contributed by atoms with van der Waals surface area (Å²) in [4.78, 5) is 26.1. The van der Waals surface area contributed by atoms with Gasteiger partial charge >= 0.3 is 5.69 Å². The summed E-state index contributed by atoms with van der Waals surface area (Å²) in [5.74, 6) is 1.60. The molecule has 1 fully saturated rings. The van der Waals surface area contributed by atoms with Gasteiger partial charge in [-0.05, 0) is 49.3 Å². The van der Waals surface area contributed by atoms with E-state index in [2.05, 4.69) is 44.5 Å². The molecule has 0 bridgehead atoms. The summed E-state index contributed by atoms with van der Waals surface area (Å²) in [6.07, 6.45) is 6.05. The average Bonchev–Trinajstić information content (AvgIpc) is 2.76. The summed E-state index contributed by atoms with van der Waals surface area (Å²) in [5, 5.41) is 14.8. The molecule has 1 N–H and O–H groups in total. The topological polar surface area (TPSA) is 97.1 Å². The van der Waals surface area contributed by atoms with Crippen LogP contribution in [0.25, 0.3) is 0 Å². The first-order valence-electron chi connectivity index (χ1n) is 10.1. The van der Waals surface area contributed by atoms with Gasteiger partial charge in [0.2, 0.25) is 11.6 Å². The summed E-state index contributed by atoms with van der Waals surface area (Å²) < 4.78 is 0. The number of rotatable bonds is 6. The third-order valence-corrected chi connectivity index (χ3v) is 5.42. The van der Waals surface area contributed by atoms with Crippen LogP contribution < -0.4 is 10.2 Å². The highest BCUT2D eigenvalue weighted by Gasteiger charge is 2.30. The molecule has 154 valence electrons. The molecule has 0 radical (unpaired) electrons. The zero-order chi connectivity index (χ0) is 20.9. The van der Waals surface area contributed by atoms with E-state index in [9.17, 15) is 10.1 Å². The second kappa shape index (κ2) is 8.86. The van der Waals surface area contributed by atoms with Gasteiger partial charge in [-0.15, -0.1) is 0 Å². The molecule has 30 heavy (non-hydrogen) atoms. The molecule has 8 heteroatoms. The maximum atomic E-state index is 11.9. The van der Waals surface area contributed by atoms with Crippen LogP contribution in [0.4, 0.5) is 23.1 Å². The van der Waals surface area contributed by atoms with Gasteiger partial charge in [-0.25, -0.2) is 15.0 Å². The SMILES string of the molecule is Cc1ccc(Nc2ncnc(N3CCC(Cc4ccccc4)CC3)c2[N+](=O)[O-])nc1. The first-order chi connectivity index (χ1) is 14.6. The van der Waals surface area contributed by atoms with Crippen LogP contribution in [0.2, 0.25) is 0 Å². The van der Waals surface area contributed by atoms with E-state index < -0.39 is 4.92 Å². The van der Waals surface area contributed by atoms with Crippen LogP contribution in [0.5, 0.6) is 0 Å². The average molecular weight is 404 g/mol. The number of benzene rings is 1. The molecular weight excluding hydrogens is 380 g/mol. The van der Waals surface area contributed by atoms with Crippen molar-refractivity contribution in [3.8, 4) is 0 Å². The van der Waals surface area contributed by atoms with Gasteiger partial charge in [0.15, 0.2) is 0 Å². The first kappa shape index (κ1) is 19.8. The lowest BCUT2D eigenvalue weighted by molar-refractivity contribution is -0.383. The molecule has 0 unspecified atom stereocenters. The Balaban J connectivity index is 1.50. The molecule has 0 spiro atoms. The van der Waals surface area contributed by atoms with Crippen LogP contribution in [0.15, 0.2) is 55.0 Å². The number of aryl methyl sites for hydroxylation is 1. The molecule has 3 aromatic rings. The van der Waals surface area contributed by atoms with E-state index in [-0.39, 0.29) is 11.5 Å². The van der Waals surface area contributed by atoms with E-state index in [1.54, 1.807) is 12.3 Å². The number of anilines is 3. The van der Waals surface area contributed by atoms with E-state index >= 15 is 0 Å². The molecule has 1 aromatic carbocycles. The van der Waals surface area contributed by atoms with Crippen molar-refractivity contribution in [2.24, 2.45) is 5.92 Å². The van der Waals surface area contributed by atoms with Gasteiger partial charge in [-0.1, -0.05) is 36.4 Å². The molecule has 1 aliphatic heterocycles. The molecule has 2 aromatic heterocycles. The Hall–Kier alpha value is -3.55. The smallest absolute Gasteiger partial charge is 0.351 e. The van der Waals surface area contributed by atoms with Gasteiger partial charge in [0.25, 0.3) is 0 Å². The number of hydrogen-bond acceptors (Lipinski definition) is 7. The van der Waals surface area contributed by atoms with Gasteiger partial charge in [0.05, 0.1) is 4.92 Å². The minimum Gasteiger partial charge on any atom is -0.351 e. The number of hydrogen-bond donors (Lipinski definition) is 1. The Morgan fingerprint density at radius 3 is 2.53 bits per heavy atom. The fourth-order valence-corrected chi connectivity index (χ4v) is 3.82. The van der Waals surface area contributed by atoms with Crippen molar-refractivity contribution in [3.05, 3.63) is 76.2 Å². The van der Waals surface area contributed by atoms with Crippen LogP contribution in [0.3, 0.4) is 0 Å². The third kappa shape index (κ3) is 4.53. The molecule has 0 amide bonds. The second-order valence-corrected chi connectivity index (χ2v) is 7.62. The molecule has 1 aliphatic rings. The third-order valence-electron chi connectivity index (χ3n) is 5.42. The van der Waals surface area contributed by atoms with E-state index in [0.717, 1.165) is 37.9 Å².